The molecule has 1 aromatic carbocycles. The van der Waals surface area contributed by atoms with Gasteiger partial charge in [0.25, 0.3) is 0 Å². The van der Waals surface area contributed by atoms with Crippen molar-refractivity contribution in [2.45, 2.75) is 65.6 Å². The van der Waals surface area contributed by atoms with Gasteiger partial charge in [-0.3, -0.25) is 4.99 Å². The van der Waals surface area contributed by atoms with Crippen molar-refractivity contribution in [1.29, 1.82) is 0 Å². The fourth-order valence-corrected chi connectivity index (χ4v) is 3.24. The van der Waals surface area contributed by atoms with E-state index in [0.717, 1.165) is 24.5 Å². The standard InChI is InChI=1S/C22H36N2O3/c1-15(2)19(13-27-22(4,5)6)23-14-24-10-9-17-11-20(25-7)21(26-8)12-18(17)16(24)3/h11-12,14-16,19H,9-10,13H2,1-8H3/t16-,19-/m1/s1. The summed E-state index contributed by atoms with van der Waals surface area (Å²) in [6, 6.07) is 4.60. The smallest absolute Gasteiger partial charge is 0.161 e. The minimum atomic E-state index is -0.143. The van der Waals surface area contributed by atoms with Crippen LogP contribution in [-0.4, -0.2) is 50.3 Å². The SMILES string of the molecule is COc1cc2c(cc1OC)[C@@H](C)N(C=N[C@H](COC(C)(C)C)C(C)C)CC2. The first kappa shape index (κ1) is 21.5. The Morgan fingerprint density at radius 1 is 1.19 bits per heavy atom. The van der Waals surface area contributed by atoms with Crippen molar-refractivity contribution >= 4 is 6.34 Å². The lowest BCUT2D eigenvalue weighted by molar-refractivity contribution is -0.0145. The van der Waals surface area contributed by atoms with Crippen LogP contribution >= 0.6 is 0 Å². The summed E-state index contributed by atoms with van der Waals surface area (Å²) in [5.41, 5.74) is 2.45. The molecule has 0 aromatic heterocycles. The zero-order valence-electron chi connectivity index (χ0n) is 18.2. The number of aliphatic imine (C=N–C) groups is 1. The van der Waals surface area contributed by atoms with Gasteiger partial charge in [0, 0.05) is 6.54 Å². The quantitative estimate of drug-likeness (QED) is 0.519. The third-order valence-corrected chi connectivity index (χ3v) is 5.10. The molecule has 5 nitrogen and oxygen atoms in total. The lowest BCUT2D eigenvalue weighted by Crippen LogP contribution is -2.34. The van der Waals surface area contributed by atoms with Crippen LogP contribution in [0.4, 0.5) is 0 Å². The number of ether oxygens (including phenoxy) is 3. The van der Waals surface area contributed by atoms with Crippen LogP contribution in [0.15, 0.2) is 17.1 Å². The maximum atomic E-state index is 5.97. The van der Waals surface area contributed by atoms with Crippen LogP contribution in [0, 0.1) is 5.92 Å². The van der Waals surface area contributed by atoms with E-state index in [-0.39, 0.29) is 17.7 Å². The summed E-state index contributed by atoms with van der Waals surface area (Å²) in [6.45, 7) is 14.4. The number of hydrogen-bond donors (Lipinski definition) is 0. The summed E-state index contributed by atoms with van der Waals surface area (Å²) in [6.07, 6.45) is 2.98. The number of methoxy groups -OCH3 is 2. The van der Waals surface area contributed by atoms with Crippen LogP contribution < -0.4 is 9.47 Å². The molecular formula is C22H36N2O3. The highest BCUT2D eigenvalue weighted by Gasteiger charge is 2.25. The number of fused-ring (bicyclic) bond motifs is 1. The minimum Gasteiger partial charge on any atom is -0.493 e. The molecule has 5 heteroatoms. The van der Waals surface area contributed by atoms with Crippen molar-refractivity contribution in [3.8, 4) is 11.5 Å². The molecule has 0 fully saturated rings. The van der Waals surface area contributed by atoms with E-state index in [9.17, 15) is 0 Å². The van der Waals surface area contributed by atoms with E-state index in [1.54, 1.807) is 14.2 Å². The molecule has 0 radical (unpaired) electrons. The maximum Gasteiger partial charge on any atom is 0.161 e. The van der Waals surface area contributed by atoms with Gasteiger partial charge in [0.15, 0.2) is 11.5 Å². The minimum absolute atomic E-state index is 0.143. The van der Waals surface area contributed by atoms with Gasteiger partial charge in [-0.1, -0.05) is 13.8 Å². The van der Waals surface area contributed by atoms with Crippen molar-refractivity contribution in [1.82, 2.24) is 4.90 Å². The van der Waals surface area contributed by atoms with Gasteiger partial charge in [-0.25, -0.2) is 0 Å². The second-order valence-corrected chi connectivity index (χ2v) is 8.57. The molecule has 152 valence electrons. The third kappa shape index (κ3) is 5.61. The van der Waals surface area contributed by atoms with E-state index < -0.39 is 0 Å². The summed E-state index contributed by atoms with van der Waals surface area (Å²) in [7, 11) is 3.36. The molecule has 0 saturated heterocycles. The average molecular weight is 377 g/mol. The molecule has 2 rings (SSSR count). The lowest BCUT2D eigenvalue weighted by Gasteiger charge is -2.35. The van der Waals surface area contributed by atoms with Gasteiger partial charge in [-0.05, 0) is 63.3 Å². The molecule has 0 bridgehead atoms. The monoisotopic (exact) mass is 376 g/mol. The zero-order valence-corrected chi connectivity index (χ0v) is 18.2. The van der Waals surface area contributed by atoms with Crippen molar-refractivity contribution in [3.63, 3.8) is 0 Å². The topological polar surface area (TPSA) is 43.3 Å². The molecule has 0 unspecified atom stereocenters. The summed E-state index contributed by atoms with van der Waals surface area (Å²) < 4.78 is 16.9. The Kier molecular flexibility index (Phi) is 7.15. The highest BCUT2D eigenvalue weighted by molar-refractivity contribution is 5.59. The van der Waals surface area contributed by atoms with Gasteiger partial charge < -0.3 is 19.1 Å². The molecule has 0 N–H and O–H groups in total. The summed E-state index contributed by atoms with van der Waals surface area (Å²) in [4.78, 5) is 7.18. The second kappa shape index (κ2) is 8.96. The summed E-state index contributed by atoms with van der Waals surface area (Å²) >= 11 is 0. The fourth-order valence-electron chi connectivity index (χ4n) is 3.24. The van der Waals surface area contributed by atoms with Crippen molar-refractivity contribution in [2.75, 3.05) is 27.4 Å². The van der Waals surface area contributed by atoms with Gasteiger partial charge in [0.1, 0.15) is 0 Å². The van der Waals surface area contributed by atoms with Gasteiger partial charge in [0.2, 0.25) is 0 Å². The predicted octanol–water partition coefficient (Wildman–Crippen LogP) is 4.49. The molecule has 1 aromatic rings. The molecule has 0 aliphatic carbocycles. The summed E-state index contributed by atoms with van der Waals surface area (Å²) in [5.74, 6) is 2.01. The van der Waals surface area contributed by atoms with Crippen LogP contribution in [0.5, 0.6) is 11.5 Å². The number of rotatable bonds is 7. The Morgan fingerprint density at radius 2 is 1.81 bits per heavy atom. The van der Waals surface area contributed by atoms with Crippen LogP contribution in [0.1, 0.15) is 58.7 Å². The van der Waals surface area contributed by atoms with Crippen LogP contribution in [0.25, 0.3) is 0 Å². The van der Waals surface area contributed by atoms with Gasteiger partial charge >= 0.3 is 0 Å². The van der Waals surface area contributed by atoms with Crippen molar-refractivity contribution < 1.29 is 14.2 Å². The van der Waals surface area contributed by atoms with Gasteiger partial charge in [0.05, 0.1) is 44.8 Å². The Bertz CT molecular complexity index is 650. The van der Waals surface area contributed by atoms with E-state index in [2.05, 4.69) is 58.6 Å². The molecule has 27 heavy (non-hydrogen) atoms. The van der Waals surface area contributed by atoms with Gasteiger partial charge in [-0.2, -0.15) is 0 Å². The number of nitrogens with zero attached hydrogens (tertiary/aromatic N) is 2. The van der Waals surface area contributed by atoms with E-state index in [1.165, 1.54) is 11.1 Å². The number of hydrogen-bond acceptors (Lipinski definition) is 4. The van der Waals surface area contributed by atoms with E-state index >= 15 is 0 Å². The van der Waals surface area contributed by atoms with E-state index in [4.69, 9.17) is 19.2 Å². The summed E-state index contributed by atoms with van der Waals surface area (Å²) in [5, 5.41) is 0. The first-order valence-corrected chi connectivity index (χ1v) is 9.84. The van der Waals surface area contributed by atoms with Crippen LogP contribution in [0.3, 0.4) is 0 Å². The molecule has 1 aliphatic heterocycles. The first-order valence-electron chi connectivity index (χ1n) is 9.84. The second-order valence-electron chi connectivity index (χ2n) is 8.57. The molecule has 0 saturated carbocycles. The Morgan fingerprint density at radius 3 is 2.37 bits per heavy atom. The van der Waals surface area contributed by atoms with Crippen LogP contribution in [0.2, 0.25) is 0 Å². The average Bonchev–Trinajstić information content (AvgIpc) is 2.61. The largest absolute Gasteiger partial charge is 0.493 e. The first-order chi connectivity index (χ1) is 12.7. The molecule has 0 amide bonds. The molecular weight excluding hydrogens is 340 g/mol. The van der Waals surface area contributed by atoms with Crippen LogP contribution in [-0.2, 0) is 11.2 Å². The molecule has 0 spiro atoms. The number of benzene rings is 1. The van der Waals surface area contributed by atoms with Crippen molar-refractivity contribution in [2.24, 2.45) is 10.9 Å². The Hall–Kier alpha value is -1.75. The van der Waals surface area contributed by atoms with Gasteiger partial charge in [-0.15, -0.1) is 0 Å². The zero-order chi connectivity index (χ0) is 20.2. The lowest BCUT2D eigenvalue weighted by atomic mass is 9.93. The normalized spacial score (nSPS) is 18.7. The third-order valence-electron chi connectivity index (χ3n) is 5.10. The molecule has 1 aliphatic rings. The van der Waals surface area contributed by atoms with E-state index in [1.807, 2.05) is 6.34 Å². The predicted molar refractivity (Wildman–Crippen MR) is 111 cm³/mol. The maximum absolute atomic E-state index is 5.97. The van der Waals surface area contributed by atoms with E-state index in [0.29, 0.717) is 12.5 Å². The molecule has 2 atom stereocenters. The Balaban J connectivity index is 2.15. The van der Waals surface area contributed by atoms with Crippen molar-refractivity contribution in [3.05, 3.63) is 23.3 Å². The highest BCUT2D eigenvalue weighted by Crippen LogP contribution is 2.37. The highest BCUT2D eigenvalue weighted by atomic mass is 16.5. The molecule has 1 heterocycles. The fraction of sp³-hybridized carbons (Fsp3) is 0.682. The Labute approximate surface area is 164 Å².